The second kappa shape index (κ2) is 5.35. The van der Waals surface area contributed by atoms with Gasteiger partial charge in [-0.1, -0.05) is 20.8 Å². The predicted octanol–water partition coefficient (Wildman–Crippen LogP) is 1.24. The smallest absolute Gasteiger partial charge is 0.205 e. The van der Waals surface area contributed by atoms with E-state index in [1.54, 1.807) is 0 Å². The number of hydrogen-bond acceptors (Lipinski definition) is 2. The Balaban J connectivity index is 2.40. The van der Waals surface area contributed by atoms with Crippen molar-refractivity contribution in [2.45, 2.75) is 40.0 Å². The summed E-state index contributed by atoms with van der Waals surface area (Å²) in [6.07, 6.45) is 3.69. The molecule has 0 atom stereocenters. The molecule has 0 bridgehead atoms. The molecule has 0 spiro atoms. The first-order valence-electron chi connectivity index (χ1n) is 5.89. The van der Waals surface area contributed by atoms with Crippen LogP contribution in [-0.4, -0.2) is 19.0 Å². The summed E-state index contributed by atoms with van der Waals surface area (Å²) in [5.41, 5.74) is 3.07. The van der Waals surface area contributed by atoms with E-state index in [4.69, 9.17) is 5.84 Å². The van der Waals surface area contributed by atoms with E-state index in [1.165, 1.54) is 12.8 Å². The third kappa shape index (κ3) is 3.38. The summed E-state index contributed by atoms with van der Waals surface area (Å²) >= 11 is 0. The van der Waals surface area contributed by atoms with Crippen molar-refractivity contribution < 1.29 is 0 Å². The summed E-state index contributed by atoms with van der Waals surface area (Å²) < 4.78 is 0. The largest absolute Gasteiger partial charge is 0.355 e. The molecule has 4 N–H and O–H groups in total. The molecular weight excluding hydrogens is 188 g/mol. The Hall–Kier alpha value is -0.770. The standard InChI is InChI=1S/C11H24N4/c1-4-7-13-10(15-12)14-8-11(5-6-11)9(2)3/h9H,4-8,12H2,1-3H3,(H2,13,14,15). The number of hydrogen-bond donors (Lipinski definition) is 3. The van der Waals surface area contributed by atoms with Gasteiger partial charge in [0.15, 0.2) is 0 Å². The van der Waals surface area contributed by atoms with Crippen LogP contribution in [0.25, 0.3) is 0 Å². The fourth-order valence-electron chi connectivity index (χ4n) is 1.71. The average molecular weight is 212 g/mol. The fraction of sp³-hybridized carbons (Fsp3) is 0.909. The summed E-state index contributed by atoms with van der Waals surface area (Å²) in [6, 6.07) is 0. The van der Waals surface area contributed by atoms with Gasteiger partial charge >= 0.3 is 0 Å². The molecule has 0 amide bonds. The average Bonchev–Trinajstić information content (AvgIpc) is 2.99. The minimum atomic E-state index is 0.454. The SMILES string of the molecule is CCCNC(=NCC1(C(C)C)CC1)NN. The third-order valence-corrected chi connectivity index (χ3v) is 3.35. The summed E-state index contributed by atoms with van der Waals surface area (Å²) in [4.78, 5) is 4.50. The van der Waals surface area contributed by atoms with Crippen LogP contribution in [0.2, 0.25) is 0 Å². The first-order chi connectivity index (χ1) is 7.14. The summed E-state index contributed by atoms with van der Waals surface area (Å²) in [5, 5.41) is 3.17. The number of rotatable bonds is 5. The zero-order valence-corrected chi connectivity index (χ0v) is 10.1. The molecule has 1 aliphatic carbocycles. The van der Waals surface area contributed by atoms with Crippen LogP contribution in [0.4, 0.5) is 0 Å². The van der Waals surface area contributed by atoms with Crippen LogP contribution in [0, 0.1) is 11.3 Å². The molecule has 0 aliphatic heterocycles. The molecule has 88 valence electrons. The molecule has 1 saturated carbocycles. The van der Waals surface area contributed by atoms with E-state index in [-0.39, 0.29) is 0 Å². The predicted molar refractivity (Wildman–Crippen MR) is 64.4 cm³/mol. The van der Waals surface area contributed by atoms with Gasteiger partial charge in [0.05, 0.1) is 0 Å². The van der Waals surface area contributed by atoms with Crippen molar-refractivity contribution in [2.24, 2.45) is 22.2 Å². The lowest BCUT2D eigenvalue weighted by Crippen LogP contribution is -2.42. The normalized spacial score (nSPS) is 19.1. The second-order valence-corrected chi connectivity index (χ2v) is 4.75. The molecule has 4 heteroatoms. The molecular formula is C11H24N4. The molecule has 0 aromatic heterocycles. The van der Waals surface area contributed by atoms with Crippen LogP contribution >= 0.6 is 0 Å². The zero-order valence-electron chi connectivity index (χ0n) is 10.1. The van der Waals surface area contributed by atoms with E-state index in [0.717, 1.165) is 25.5 Å². The molecule has 15 heavy (non-hydrogen) atoms. The van der Waals surface area contributed by atoms with Crippen molar-refractivity contribution in [1.82, 2.24) is 10.7 Å². The van der Waals surface area contributed by atoms with Gasteiger partial charge in [-0.05, 0) is 30.6 Å². The summed E-state index contributed by atoms with van der Waals surface area (Å²) in [7, 11) is 0. The number of nitrogens with two attached hydrogens (primary N) is 1. The van der Waals surface area contributed by atoms with Crippen LogP contribution in [0.15, 0.2) is 4.99 Å². The van der Waals surface area contributed by atoms with Crippen molar-refractivity contribution in [3.63, 3.8) is 0 Å². The molecule has 4 nitrogen and oxygen atoms in total. The van der Waals surface area contributed by atoms with Gasteiger partial charge in [0, 0.05) is 13.1 Å². The highest BCUT2D eigenvalue weighted by molar-refractivity contribution is 5.79. The van der Waals surface area contributed by atoms with Gasteiger partial charge in [0.25, 0.3) is 0 Å². The Morgan fingerprint density at radius 2 is 2.13 bits per heavy atom. The van der Waals surface area contributed by atoms with Crippen molar-refractivity contribution in [3.8, 4) is 0 Å². The fourth-order valence-corrected chi connectivity index (χ4v) is 1.71. The maximum atomic E-state index is 5.40. The molecule has 0 saturated heterocycles. The molecule has 0 radical (unpaired) electrons. The minimum Gasteiger partial charge on any atom is -0.355 e. The summed E-state index contributed by atoms with van der Waals surface area (Å²) in [5.74, 6) is 6.84. The number of nitrogens with one attached hydrogen (secondary N) is 2. The second-order valence-electron chi connectivity index (χ2n) is 4.75. The number of aliphatic imine (C=N–C) groups is 1. The first kappa shape index (κ1) is 12.3. The lowest BCUT2D eigenvalue weighted by molar-refractivity contribution is 0.370. The van der Waals surface area contributed by atoms with E-state index in [2.05, 4.69) is 36.5 Å². The van der Waals surface area contributed by atoms with Crippen molar-refractivity contribution in [3.05, 3.63) is 0 Å². The molecule has 1 rings (SSSR count). The molecule has 1 fully saturated rings. The highest BCUT2D eigenvalue weighted by Gasteiger charge is 2.45. The van der Waals surface area contributed by atoms with Crippen LogP contribution in [-0.2, 0) is 0 Å². The third-order valence-electron chi connectivity index (χ3n) is 3.35. The van der Waals surface area contributed by atoms with Gasteiger partial charge in [-0.3, -0.25) is 10.4 Å². The first-order valence-corrected chi connectivity index (χ1v) is 5.89. The molecule has 0 aromatic carbocycles. The number of nitrogens with zero attached hydrogens (tertiary/aromatic N) is 1. The Kier molecular flexibility index (Phi) is 4.39. The van der Waals surface area contributed by atoms with E-state index in [0.29, 0.717) is 11.3 Å². The maximum absolute atomic E-state index is 5.40. The maximum Gasteiger partial charge on any atom is 0.205 e. The van der Waals surface area contributed by atoms with E-state index >= 15 is 0 Å². The Morgan fingerprint density at radius 3 is 2.53 bits per heavy atom. The van der Waals surface area contributed by atoms with Crippen LogP contribution in [0.1, 0.15) is 40.0 Å². The van der Waals surface area contributed by atoms with E-state index in [1.807, 2.05) is 0 Å². The minimum absolute atomic E-state index is 0.454. The Morgan fingerprint density at radius 1 is 1.47 bits per heavy atom. The van der Waals surface area contributed by atoms with E-state index in [9.17, 15) is 0 Å². The van der Waals surface area contributed by atoms with Gasteiger partial charge in [0.2, 0.25) is 5.96 Å². The van der Waals surface area contributed by atoms with Crippen molar-refractivity contribution in [1.29, 1.82) is 0 Å². The number of hydrazine groups is 1. The van der Waals surface area contributed by atoms with Gasteiger partial charge in [0.1, 0.15) is 0 Å². The molecule has 0 unspecified atom stereocenters. The Bertz CT molecular complexity index is 219. The lowest BCUT2D eigenvalue weighted by atomic mass is 9.93. The van der Waals surface area contributed by atoms with Gasteiger partial charge in [-0.15, -0.1) is 0 Å². The molecule has 0 heterocycles. The molecule has 1 aliphatic rings. The van der Waals surface area contributed by atoms with E-state index < -0.39 is 0 Å². The highest BCUT2D eigenvalue weighted by atomic mass is 15.3. The monoisotopic (exact) mass is 212 g/mol. The van der Waals surface area contributed by atoms with Crippen LogP contribution < -0.4 is 16.6 Å². The zero-order chi connectivity index (χ0) is 11.3. The van der Waals surface area contributed by atoms with Gasteiger partial charge in [-0.25, -0.2) is 5.84 Å². The highest BCUT2D eigenvalue weighted by Crippen LogP contribution is 2.51. The van der Waals surface area contributed by atoms with Gasteiger partial charge in [-0.2, -0.15) is 0 Å². The van der Waals surface area contributed by atoms with Crippen LogP contribution in [0.3, 0.4) is 0 Å². The van der Waals surface area contributed by atoms with Crippen molar-refractivity contribution in [2.75, 3.05) is 13.1 Å². The van der Waals surface area contributed by atoms with Crippen LogP contribution in [0.5, 0.6) is 0 Å². The summed E-state index contributed by atoms with van der Waals surface area (Å²) in [6.45, 7) is 8.48. The topological polar surface area (TPSA) is 62.4 Å². The lowest BCUT2D eigenvalue weighted by Gasteiger charge is -2.17. The van der Waals surface area contributed by atoms with Crippen molar-refractivity contribution >= 4 is 5.96 Å². The molecule has 0 aromatic rings. The quantitative estimate of drug-likeness (QED) is 0.278. The van der Waals surface area contributed by atoms with Gasteiger partial charge < -0.3 is 5.32 Å². The Labute approximate surface area is 92.7 Å². The number of guanidine groups is 1.